The molecular weight excluding hydrogens is 197 g/mol. The first-order chi connectivity index (χ1) is 7.18. The van der Waals surface area contributed by atoms with Crippen LogP contribution in [0.5, 0.6) is 0 Å². The van der Waals surface area contributed by atoms with E-state index in [4.69, 9.17) is 10.2 Å². The molecule has 0 amide bonds. The van der Waals surface area contributed by atoms with Crippen LogP contribution in [0, 0.1) is 5.82 Å². The van der Waals surface area contributed by atoms with E-state index in [1.165, 1.54) is 30.7 Å². The number of aliphatic hydroxyl groups excluding tert-OH is 1. The average Bonchev–Trinajstić information content (AvgIpc) is 2.74. The molecule has 3 N–H and O–H groups in total. The molecule has 4 heteroatoms. The maximum absolute atomic E-state index is 13.0. The fourth-order valence-electron chi connectivity index (χ4n) is 1.39. The molecule has 0 bridgehead atoms. The highest BCUT2D eigenvalue weighted by atomic mass is 19.1. The lowest BCUT2D eigenvalue weighted by Crippen LogP contribution is -2.03. The van der Waals surface area contributed by atoms with Crippen LogP contribution in [0.1, 0.15) is 17.2 Å². The van der Waals surface area contributed by atoms with Gasteiger partial charge >= 0.3 is 0 Å². The van der Waals surface area contributed by atoms with Crippen molar-refractivity contribution >= 4 is 5.69 Å². The Morgan fingerprint density at radius 2 is 2.13 bits per heavy atom. The molecule has 1 heterocycles. The quantitative estimate of drug-likeness (QED) is 0.741. The summed E-state index contributed by atoms with van der Waals surface area (Å²) in [5, 5.41) is 9.88. The van der Waals surface area contributed by atoms with Crippen LogP contribution in [0.15, 0.2) is 41.2 Å². The van der Waals surface area contributed by atoms with Crippen molar-refractivity contribution in [3.05, 3.63) is 53.7 Å². The maximum atomic E-state index is 13.0. The maximum Gasteiger partial charge on any atom is 0.123 e. The van der Waals surface area contributed by atoms with E-state index >= 15 is 0 Å². The minimum Gasteiger partial charge on any atom is -0.472 e. The van der Waals surface area contributed by atoms with Gasteiger partial charge in [0.2, 0.25) is 0 Å². The Labute approximate surface area is 85.9 Å². The zero-order valence-corrected chi connectivity index (χ0v) is 7.85. The number of hydrogen-bond acceptors (Lipinski definition) is 3. The van der Waals surface area contributed by atoms with Crippen molar-refractivity contribution in [3.63, 3.8) is 0 Å². The minimum absolute atomic E-state index is 0.344. The van der Waals surface area contributed by atoms with E-state index in [2.05, 4.69) is 0 Å². The van der Waals surface area contributed by atoms with Gasteiger partial charge in [-0.1, -0.05) is 0 Å². The monoisotopic (exact) mass is 207 g/mol. The summed E-state index contributed by atoms with van der Waals surface area (Å²) in [7, 11) is 0. The molecule has 0 radical (unpaired) electrons. The Balaban J connectivity index is 2.41. The number of hydrogen-bond donors (Lipinski definition) is 2. The van der Waals surface area contributed by atoms with Crippen LogP contribution in [0.4, 0.5) is 10.1 Å². The molecule has 15 heavy (non-hydrogen) atoms. The predicted molar refractivity (Wildman–Crippen MR) is 53.6 cm³/mol. The molecule has 0 saturated carbocycles. The first kappa shape index (κ1) is 9.73. The summed E-state index contributed by atoms with van der Waals surface area (Å²) < 4.78 is 17.8. The number of aliphatic hydroxyl groups is 1. The van der Waals surface area contributed by atoms with Crippen molar-refractivity contribution in [1.82, 2.24) is 0 Å². The van der Waals surface area contributed by atoms with Crippen molar-refractivity contribution in [3.8, 4) is 0 Å². The Morgan fingerprint density at radius 3 is 2.80 bits per heavy atom. The summed E-state index contributed by atoms with van der Waals surface area (Å²) in [6, 6.07) is 5.50. The number of rotatable bonds is 2. The Hall–Kier alpha value is -1.81. The van der Waals surface area contributed by atoms with Gasteiger partial charge in [-0.25, -0.2) is 4.39 Å². The first-order valence-electron chi connectivity index (χ1n) is 4.43. The van der Waals surface area contributed by atoms with Gasteiger partial charge in [-0.15, -0.1) is 0 Å². The molecule has 2 aromatic rings. The topological polar surface area (TPSA) is 59.4 Å². The summed E-state index contributed by atoms with van der Waals surface area (Å²) >= 11 is 0. The van der Waals surface area contributed by atoms with Crippen LogP contribution in [-0.4, -0.2) is 5.11 Å². The molecule has 0 fully saturated rings. The third-order valence-electron chi connectivity index (χ3n) is 2.20. The SMILES string of the molecule is Nc1ccc(F)cc1C(O)c1ccoc1. The number of anilines is 1. The number of benzene rings is 1. The minimum atomic E-state index is -0.959. The van der Waals surface area contributed by atoms with Gasteiger partial charge in [0.15, 0.2) is 0 Å². The highest BCUT2D eigenvalue weighted by Crippen LogP contribution is 2.27. The predicted octanol–water partition coefficient (Wildman–Crippen LogP) is 2.08. The lowest BCUT2D eigenvalue weighted by molar-refractivity contribution is 0.219. The van der Waals surface area contributed by atoms with Crippen molar-refractivity contribution in [2.24, 2.45) is 0 Å². The molecule has 1 atom stereocenters. The third kappa shape index (κ3) is 1.85. The van der Waals surface area contributed by atoms with Crippen LogP contribution in [-0.2, 0) is 0 Å². The second kappa shape index (κ2) is 3.74. The van der Waals surface area contributed by atoms with Gasteiger partial charge in [-0.2, -0.15) is 0 Å². The molecule has 2 rings (SSSR count). The fraction of sp³-hybridized carbons (Fsp3) is 0.0909. The van der Waals surface area contributed by atoms with Gasteiger partial charge in [0.25, 0.3) is 0 Å². The van der Waals surface area contributed by atoms with E-state index < -0.39 is 11.9 Å². The van der Waals surface area contributed by atoms with Gasteiger partial charge in [0.1, 0.15) is 11.9 Å². The van der Waals surface area contributed by atoms with E-state index in [0.29, 0.717) is 16.8 Å². The average molecular weight is 207 g/mol. The summed E-state index contributed by atoms with van der Waals surface area (Å²) in [4.78, 5) is 0. The van der Waals surface area contributed by atoms with Gasteiger partial charge in [-0.05, 0) is 24.3 Å². The first-order valence-corrected chi connectivity index (χ1v) is 4.43. The molecule has 0 aliphatic heterocycles. The molecule has 78 valence electrons. The van der Waals surface area contributed by atoms with Gasteiger partial charge < -0.3 is 15.3 Å². The Morgan fingerprint density at radius 1 is 1.33 bits per heavy atom. The highest BCUT2D eigenvalue weighted by molar-refractivity contribution is 5.50. The Bertz CT molecular complexity index is 454. The van der Waals surface area contributed by atoms with E-state index in [1.807, 2.05) is 0 Å². The van der Waals surface area contributed by atoms with Crippen LogP contribution >= 0.6 is 0 Å². The van der Waals surface area contributed by atoms with Crippen LogP contribution < -0.4 is 5.73 Å². The Kier molecular flexibility index (Phi) is 2.43. The second-order valence-corrected chi connectivity index (χ2v) is 3.23. The smallest absolute Gasteiger partial charge is 0.123 e. The number of halogens is 1. The van der Waals surface area contributed by atoms with Crippen molar-refractivity contribution in [1.29, 1.82) is 0 Å². The van der Waals surface area contributed by atoms with E-state index in [9.17, 15) is 9.50 Å². The van der Waals surface area contributed by atoms with Crippen molar-refractivity contribution < 1.29 is 13.9 Å². The molecule has 0 saturated heterocycles. The zero-order valence-electron chi connectivity index (χ0n) is 7.85. The summed E-state index contributed by atoms with van der Waals surface area (Å²) in [6.07, 6.45) is 1.88. The van der Waals surface area contributed by atoms with Crippen LogP contribution in [0.3, 0.4) is 0 Å². The number of nitrogen functional groups attached to an aromatic ring is 1. The molecule has 0 spiro atoms. The highest BCUT2D eigenvalue weighted by Gasteiger charge is 2.15. The molecular formula is C11H10FNO2. The molecule has 1 aromatic carbocycles. The molecule has 0 aliphatic carbocycles. The molecule has 1 unspecified atom stereocenters. The second-order valence-electron chi connectivity index (χ2n) is 3.23. The summed E-state index contributed by atoms with van der Waals surface area (Å²) in [5.41, 5.74) is 6.88. The lowest BCUT2D eigenvalue weighted by atomic mass is 10.0. The molecule has 0 aliphatic rings. The van der Waals surface area contributed by atoms with Gasteiger partial charge in [0.05, 0.1) is 12.5 Å². The molecule has 3 nitrogen and oxygen atoms in total. The summed E-state index contributed by atoms with van der Waals surface area (Å²) in [5.74, 6) is -0.429. The fourth-order valence-corrected chi connectivity index (χ4v) is 1.39. The van der Waals surface area contributed by atoms with E-state index in [1.54, 1.807) is 6.07 Å². The van der Waals surface area contributed by atoms with E-state index in [0.717, 1.165) is 0 Å². The zero-order chi connectivity index (χ0) is 10.8. The number of nitrogens with two attached hydrogens (primary N) is 1. The van der Waals surface area contributed by atoms with Crippen molar-refractivity contribution in [2.45, 2.75) is 6.10 Å². The van der Waals surface area contributed by atoms with Crippen LogP contribution in [0.25, 0.3) is 0 Å². The lowest BCUT2D eigenvalue weighted by Gasteiger charge is -2.11. The third-order valence-corrected chi connectivity index (χ3v) is 2.20. The van der Waals surface area contributed by atoms with Crippen molar-refractivity contribution in [2.75, 3.05) is 5.73 Å². The van der Waals surface area contributed by atoms with Crippen LogP contribution in [0.2, 0.25) is 0 Å². The molecule has 1 aromatic heterocycles. The van der Waals surface area contributed by atoms with Gasteiger partial charge in [-0.3, -0.25) is 0 Å². The van der Waals surface area contributed by atoms with E-state index in [-0.39, 0.29) is 0 Å². The normalized spacial score (nSPS) is 12.7. The summed E-state index contributed by atoms with van der Waals surface area (Å²) in [6.45, 7) is 0. The number of furan rings is 1. The van der Waals surface area contributed by atoms with Gasteiger partial charge in [0, 0.05) is 16.8 Å². The standard InChI is InChI=1S/C11H10FNO2/c12-8-1-2-10(13)9(5-8)11(14)7-3-4-15-6-7/h1-6,11,14H,13H2. The largest absolute Gasteiger partial charge is 0.472 e.